The number of sulfonamides is 1. The first kappa shape index (κ1) is 29.7. The van der Waals surface area contributed by atoms with Gasteiger partial charge in [0.15, 0.2) is 0 Å². The van der Waals surface area contributed by atoms with E-state index in [0.29, 0.717) is 25.1 Å². The van der Waals surface area contributed by atoms with Gasteiger partial charge in [-0.2, -0.15) is 0 Å². The van der Waals surface area contributed by atoms with E-state index in [0.717, 1.165) is 47.9 Å². The fourth-order valence-corrected chi connectivity index (χ4v) is 6.34. The fourth-order valence-electron chi connectivity index (χ4n) is 5.39. The van der Waals surface area contributed by atoms with Crippen LogP contribution in [0, 0.1) is 20.8 Å². The summed E-state index contributed by atoms with van der Waals surface area (Å²) in [6, 6.07) is 13.3. The van der Waals surface area contributed by atoms with Gasteiger partial charge in [-0.25, -0.2) is 8.42 Å². The van der Waals surface area contributed by atoms with E-state index in [1.807, 2.05) is 70.2 Å². The molecule has 1 aliphatic carbocycles. The second-order valence-electron chi connectivity index (χ2n) is 10.7. The van der Waals surface area contributed by atoms with Crippen LogP contribution in [0.25, 0.3) is 0 Å². The normalized spacial score (nSPS) is 14.8. The van der Waals surface area contributed by atoms with Crippen LogP contribution in [0.1, 0.15) is 74.1 Å². The molecular weight excluding hydrogens is 498 g/mol. The molecule has 0 aliphatic heterocycles. The van der Waals surface area contributed by atoms with Crippen LogP contribution in [-0.4, -0.2) is 50.0 Å². The summed E-state index contributed by atoms with van der Waals surface area (Å²) in [6.45, 7) is 8.34. The quantitative estimate of drug-likeness (QED) is 0.409. The molecule has 3 rings (SSSR count). The zero-order chi connectivity index (χ0) is 27.9. The van der Waals surface area contributed by atoms with E-state index in [1.54, 1.807) is 4.90 Å². The third-order valence-electron chi connectivity index (χ3n) is 7.17. The summed E-state index contributed by atoms with van der Waals surface area (Å²) in [7, 11) is -3.53. The molecule has 1 N–H and O–H groups in total. The highest BCUT2D eigenvalue weighted by atomic mass is 32.2. The Morgan fingerprint density at radius 3 is 2.24 bits per heavy atom. The number of nitrogens with zero attached hydrogens (tertiary/aromatic N) is 2. The van der Waals surface area contributed by atoms with Gasteiger partial charge < -0.3 is 10.2 Å². The smallest absolute Gasteiger partial charge is 0.243 e. The molecule has 1 aliphatic rings. The standard InChI is InChI=1S/C30H43N3O4S/c1-6-28(30(35)31-26-13-7-8-14-26)32(21-25-12-9-11-22(2)18-25)29(34)15-10-16-33(38(5,36)37)27-19-23(3)17-24(4)20-27/h9,11-12,17-20,26,28H,6-8,10,13-16,21H2,1-5H3,(H,31,35). The van der Waals surface area contributed by atoms with Gasteiger partial charge in [-0.15, -0.1) is 0 Å². The lowest BCUT2D eigenvalue weighted by Crippen LogP contribution is -2.51. The van der Waals surface area contributed by atoms with Gasteiger partial charge in [-0.1, -0.05) is 55.7 Å². The molecule has 0 radical (unpaired) electrons. The van der Waals surface area contributed by atoms with Crippen LogP contribution in [0.15, 0.2) is 42.5 Å². The monoisotopic (exact) mass is 541 g/mol. The number of rotatable bonds is 12. The molecule has 2 aromatic carbocycles. The minimum Gasteiger partial charge on any atom is -0.352 e. The van der Waals surface area contributed by atoms with Crippen molar-refractivity contribution >= 4 is 27.5 Å². The van der Waals surface area contributed by atoms with Crippen molar-refractivity contribution in [3.05, 3.63) is 64.7 Å². The van der Waals surface area contributed by atoms with Crippen LogP contribution in [0.5, 0.6) is 0 Å². The first-order chi connectivity index (χ1) is 18.0. The predicted octanol–water partition coefficient (Wildman–Crippen LogP) is 5.02. The molecule has 38 heavy (non-hydrogen) atoms. The first-order valence-electron chi connectivity index (χ1n) is 13.7. The molecule has 2 aromatic rings. The summed E-state index contributed by atoms with van der Waals surface area (Å²) in [5.74, 6) is -0.248. The summed E-state index contributed by atoms with van der Waals surface area (Å²) in [4.78, 5) is 28.6. The van der Waals surface area contributed by atoms with Crippen LogP contribution >= 0.6 is 0 Å². The van der Waals surface area contributed by atoms with Crippen molar-refractivity contribution in [1.82, 2.24) is 10.2 Å². The number of amides is 2. The lowest BCUT2D eigenvalue weighted by Gasteiger charge is -2.32. The minimum absolute atomic E-state index is 0.103. The van der Waals surface area contributed by atoms with Crippen LogP contribution in [0.4, 0.5) is 5.69 Å². The Kier molecular flexibility index (Phi) is 10.4. The molecule has 8 heteroatoms. The predicted molar refractivity (Wildman–Crippen MR) is 154 cm³/mol. The van der Waals surface area contributed by atoms with Gasteiger partial charge in [0, 0.05) is 25.6 Å². The zero-order valence-corrected chi connectivity index (χ0v) is 24.3. The lowest BCUT2D eigenvalue weighted by atomic mass is 10.1. The summed E-state index contributed by atoms with van der Waals surface area (Å²) in [5.41, 5.74) is 4.63. The number of nitrogens with one attached hydrogen (secondary N) is 1. The van der Waals surface area contributed by atoms with Crippen LogP contribution in [-0.2, 0) is 26.2 Å². The van der Waals surface area contributed by atoms with E-state index in [-0.39, 0.29) is 30.8 Å². The minimum atomic E-state index is -3.53. The molecule has 0 saturated heterocycles. The molecule has 208 valence electrons. The van der Waals surface area contributed by atoms with Gasteiger partial charge in [-0.05, 0) is 75.3 Å². The average molecular weight is 542 g/mol. The molecule has 2 amide bonds. The molecule has 1 atom stereocenters. The Balaban J connectivity index is 1.77. The van der Waals surface area contributed by atoms with Crippen molar-refractivity contribution in [1.29, 1.82) is 0 Å². The molecule has 1 unspecified atom stereocenters. The van der Waals surface area contributed by atoms with Gasteiger partial charge >= 0.3 is 0 Å². The van der Waals surface area contributed by atoms with E-state index >= 15 is 0 Å². The Labute approximate surface area is 228 Å². The van der Waals surface area contributed by atoms with Gasteiger partial charge in [0.25, 0.3) is 0 Å². The zero-order valence-electron chi connectivity index (χ0n) is 23.5. The molecule has 0 bridgehead atoms. The molecule has 0 aromatic heterocycles. The number of benzene rings is 2. The SMILES string of the molecule is CCC(C(=O)NC1CCCC1)N(Cc1cccc(C)c1)C(=O)CCCN(c1cc(C)cc(C)c1)S(C)(=O)=O. The number of aryl methyl sites for hydroxylation is 3. The van der Waals surface area contributed by atoms with Crippen molar-refractivity contribution in [2.24, 2.45) is 0 Å². The van der Waals surface area contributed by atoms with Gasteiger partial charge in [-0.3, -0.25) is 13.9 Å². The van der Waals surface area contributed by atoms with Crippen LogP contribution in [0.3, 0.4) is 0 Å². The maximum absolute atomic E-state index is 13.6. The highest BCUT2D eigenvalue weighted by molar-refractivity contribution is 7.92. The van der Waals surface area contributed by atoms with Crippen LogP contribution < -0.4 is 9.62 Å². The Morgan fingerprint density at radius 2 is 1.66 bits per heavy atom. The second-order valence-corrected chi connectivity index (χ2v) is 12.6. The van der Waals surface area contributed by atoms with E-state index < -0.39 is 16.1 Å². The van der Waals surface area contributed by atoms with E-state index in [4.69, 9.17) is 0 Å². The maximum atomic E-state index is 13.6. The molecule has 1 saturated carbocycles. The molecular formula is C30H43N3O4S. The topological polar surface area (TPSA) is 86.8 Å². The summed E-state index contributed by atoms with van der Waals surface area (Å²) < 4.78 is 26.6. The average Bonchev–Trinajstić information content (AvgIpc) is 3.33. The van der Waals surface area contributed by atoms with Gasteiger partial charge in [0.1, 0.15) is 6.04 Å². The van der Waals surface area contributed by atoms with Crippen molar-refractivity contribution in [2.45, 2.75) is 91.3 Å². The molecule has 0 heterocycles. The molecule has 0 spiro atoms. The number of anilines is 1. The second kappa shape index (κ2) is 13.3. The highest BCUT2D eigenvalue weighted by Crippen LogP contribution is 2.23. The van der Waals surface area contributed by atoms with Crippen LogP contribution in [0.2, 0.25) is 0 Å². The third-order valence-corrected chi connectivity index (χ3v) is 8.36. The number of hydrogen-bond acceptors (Lipinski definition) is 4. The number of carbonyl (C=O) groups excluding carboxylic acids is 2. The van der Waals surface area contributed by atoms with Crippen molar-refractivity contribution in [3.8, 4) is 0 Å². The molecule has 7 nitrogen and oxygen atoms in total. The summed E-state index contributed by atoms with van der Waals surface area (Å²) in [5, 5.41) is 3.17. The first-order valence-corrected chi connectivity index (χ1v) is 15.5. The Bertz CT molecular complexity index is 1200. The van der Waals surface area contributed by atoms with Crippen molar-refractivity contribution < 1.29 is 18.0 Å². The molecule has 1 fully saturated rings. The van der Waals surface area contributed by atoms with Gasteiger partial charge in [0.2, 0.25) is 21.8 Å². The largest absolute Gasteiger partial charge is 0.352 e. The van der Waals surface area contributed by atoms with Crippen molar-refractivity contribution in [3.63, 3.8) is 0 Å². The fraction of sp³-hybridized carbons (Fsp3) is 0.533. The maximum Gasteiger partial charge on any atom is 0.243 e. The summed E-state index contributed by atoms with van der Waals surface area (Å²) in [6.07, 6.45) is 6.39. The highest BCUT2D eigenvalue weighted by Gasteiger charge is 2.30. The van der Waals surface area contributed by atoms with E-state index in [1.165, 1.54) is 10.6 Å². The van der Waals surface area contributed by atoms with E-state index in [2.05, 4.69) is 5.32 Å². The van der Waals surface area contributed by atoms with E-state index in [9.17, 15) is 18.0 Å². The number of carbonyl (C=O) groups is 2. The van der Waals surface area contributed by atoms with Gasteiger partial charge in [0.05, 0.1) is 11.9 Å². The number of hydrogen-bond donors (Lipinski definition) is 1. The van der Waals surface area contributed by atoms with Crippen molar-refractivity contribution in [2.75, 3.05) is 17.1 Å². The lowest BCUT2D eigenvalue weighted by molar-refractivity contribution is -0.141. The third kappa shape index (κ3) is 8.32. The Hall–Kier alpha value is -2.87. The summed E-state index contributed by atoms with van der Waals surface area (Å²) >= 11 is 0. The Morgan fingerprint density at radius 1 is 1.00 bits per heavy atom.